The van der Waals surface area contributed by atoms with Crippen molar-refractivity contribution in [2.24, 2.45) is 0 Å². The van der Waals surface area contributed by atoms with Gasteiger partial charge in [0.05, 0.1) is 15.2 Å². The van der Waals surface area contributed by atoms with Crippen LogP contribution in [0.5, 0.6) is 0 Å². The van der Waals surface area contributed by atoms with E-state index >= 15 is 0 Å². The zero-order valence-electron chi connectivity index (χ0n) is 12.8. The first-order valence-corrected chi connectivity index (χ1v) is 8.81. The lowest BCUT2D eigenvalue weighted by Gasteiger charge is -2.35. The second kappa shape index (κ2) is 5.34. The van der Waals surface area contributed by atoms with Crippen molar-refractivity contribution in [2.75, 3.05) is 7.05 Å². The normalized spacial score (nSPS) is 28.6. The van der Waals surface area contributed by atoms with Crippen LogP contribution in [0.25, 0.3) is 10.2 Å². The largest absolute Gasteiger partial charge is 0.311 e. The number of thiazole rings is 1. The molecule has 2 aliphatic rings. The van der Waals surface area contributed by atoms with Gasteiger partial charge in [-0.15, -0.1) is 11.3 Å². The Labute approximate surface area is 130 Å². The predicted molar refractivity (Wildman–Crippen MR) is 88.8 cm³/mol. The smallest absolute Gasteiger partial charge is 0.0907 e. The van der Waals surface area contributed by atoms with Gasteiger partial charge in [-0.05, 0) is 57.4 Å². The van der Waals surface area contributed by atoms with Gasteiger partial charge in [-0.3, -0.25) is 4.90 Å². The van der Waals surface area contributed by atoms with Crippen LogP contribution in [0.1, 0.15) is 36.3 Å². The summed E-state index contributed by atoms with van der Waals surface area (Å²) in [6, 6.07) is 9.02. The molecule has 0 aliphatic carbocycles. The Morgan fingerprint density at radius 1 is 1.29 bits per heavy atom. The number of fused-ring (bicyclic) bond motifs is 3. The maximum absolute atomic E-state index is 4.55. The lowest BCUT2D eigenvalue weighted by molar-refractivity contribution is 0.166. The molecular weight excluding hydrogens is 278 g/mol. The highest BCUT2D eigenvalue weighted by molar-refractivity contribution is 7.18. The molecule has 21 heavy (non-hydrogen) atoms. The summed E-state index contributed by atoms with van der Waals surface area (Å²) in [5.41, 5.74) is 2.56. The third-order valence-electron chi connectivity index (χ3n) is 5.06. The maximum Gasteiger partial charge on any atom is 0.0907 e. The van der Waals surface area contributed by atoms with E-state index in [0.29, 0.717) is 0 Å². The van der Waals surface area contributed by atoms with Crippen LogP contribution in [0.4, 0.5) is 0 Å². The molecule has 2 aliphatic heterocycles. The number of piperidine rings is 1. The molecular formula is C17H23N3S. The quantitative estimate of drug-likeness (QED) is 0.942. The number of aryl methyl sites for hydroxylation is 1. The monoisotopic (exact) mass is 301 g/mol. The van der Waals surface area contributed by atoms with Crippen molar-refractivity contribution in [1.82, 2.24) is 15.2 Å². The zero-order valence-corrected chi connectivity index (χ0v) is 13.6. The summed E-state index contributed by atoms with van der Waals surface area (Å²) >= 11 is 1.80. The molecule has 2 bridgehead atoms. The topological polar surface area (TPSA) is 28.2 Å². The fourth-order valence-electron chi connectivity index (χ4n) is 3.99. The minimum Gasteiger partial charge on any atom is -0.311 e. The number of hydrogen-bond donors (Lipinski definition) is 1. The number of rotatable bonds is 3. The molecule has 0 spiro atoms. The average Bonchev–Trinajstić information content (AvgIpc) is 2.99. The molecule has 2 aromatic rings. The zero-order chi connectivity index (χ0) is 14.4. The van der Waals surface area contributed by atoms with Crippen LogP contribution in [0.3, 0.4) is 0 Å². The van der Waals surface area contributed by atoms with Gasteiger partial charge in [0.25, 0.3) is 0 Å². The number of nitrogens with one attached hydrogen (secondary N) is 1. The second-order valence-electron chi connectivity index (χ2n) is 6.71. The van der Waals surface area contributed by atoms with E-state index < -0.39 is 0 Å². The first kappa shape index (κ1) is 13.7. The van der Waals surface area contributed by atoms with E-state index in [9.17, 15) is 0 Å². The highest BCUT2D eigenvalue weighted by Crippen LogP contribution is 2.30. The van der Waals surface area contributed by atoms with Gasteiger partial charge in [0, 0.05) is 24.7 Å². The molecule has 0 radical (unpaired) electrons. The highest BCUT2D eigenvalue weighted by Gasteiger charge is 2.34. The molecule has 4 heteroatoms. The van der Waals surface area contributed by atoms with E-state index in [0.717, 1.165) is 35.2 Å². The molecule has 2 fully saturated rings. The fraction of sp³-hybridized carbons (Fsp3) is 0.588. The van der Waals surface area contributed by atoms with Crippen molar-refractivity contribution in [2.45, 2.75) is 57.3 Å². The third kappa shape index (κ3) is 2.72. The summed E-state index contributed by atoms with van der Waals surface area (Å²) in [6.07, 6.45) is 5.38. The van der Waals surface area contributed by atoms with Crippen molar-refractivity contribution in [1.29, 1.82) is 0 Å². The third-order valence-corrected chi connectivity index (χ3v) is 6.00. The standard InChI is InChI=1S/C17H23N3S/c1-11-18-16-6-3-12(7-17(16)21-11)10-20(2)15-8-13-4-5-14(9-15)19-13/h3,6-7,13-15,19H,4-5,8-10H2,1-2H3. The van der Waals surface area contributed by atoms with E-state index in [1.807, 2.05) is 0 Å². The molecule has 3 nitrogen and oxygen atoms in total. The Balaban J connectivity index is 1.48. The Morgan fingerprint density at radius 3 is 2.81 bits per heavy atom. The molecule has 4 rings (SSSR count). The van der Waals surface area contributed by atoms with E-state index in [4.69, 9.17) is 0 Å². The fourth-order valence-corrected chi connectivity index (χ4v) is 4.88. The average molecular weight is 301 g/mol. The van der Waals surface area contributed by atoms with Gasteiger partial charge in [-0.25, -0.2) is 4.98 Å². The summed E-state index contributed by atoms with van der Waals surface area (Å²) < 4.78 is 1.32. The summed E-state index contributed by atoms with van der Waals surface area (Å²) in [5.74, 6) is 0. The Kier molecular flexibility index (Phi) is 3.48. The van der Waals surface area contributed by atoms with E-state index in [1.165, 1.54) is 35.9 Å². The molecule has 2 saturated heterocycles. The van der Waals surface area contributed by atoms with Crippen molar-refractivity contribution in [3.8, 4) is 0 Å². The Morgan fingerprint density at radius 2 is 2.05 bits per heavy atom. The molecule has 1 aromatic heterocycles. The van der Waals surface area contributed by atoms with Crippen molar-refractivity contribution >= 4 is 21.6 Å². The van der Waals surface area contributed by atoms with Gasteiger partial charge in [-0.2, -0.15) is 0 Å². The van der Waals surface area contributed by atoms with Crippen LogP contribution in [0.15, 0.2) is 18.2 Å². The van der Waals surface area contributed by atoms with Gasteiger partial charge in [0.15, 0.2) is 0 Å². The predicted octanol–water partition coefficient (Wildman–Crippen LogP) is 3.32. The second-order valence-corrected chi connectivity index (χ2v) is 7.95. The lowest BCUT2D eigenvalue weighted by Crippen LogP contribution is -2.46. The van der Waals surface area contributed by atoms with Crippen LogP contribution in [-0.2, 0) is 6.54 Å². The van der Waals surface area contributed by atoms with Crippen molar-refractivity contribution in [3.05, 3.63) is 28.8 Å². The van der Waals surface area contributed by atoms with Gasteiger partial charge in [-0.1, -0.05) is 6.07 Å². The molecule has 0 amide bonds. The van der Waals surface area contributed by atoms with E-state index in [-0.39, 0.29) is 0 Å². The van der Waals surface area contributed by atoms with Gasteiger partial charge < -0.3 is 5.32 Å². The number of nitrogens with zero attached hydrogens (tertiary/aromatic N) is 2. The van der Waals surface area contributed by atoms with E-state index in [2.05, 4.69) is 47.4 Å². The number of aromatic nitrogens is 1. The molecule has 3 heterocycles. The van der Waals surface area contributed by atoms with Gasteiger partial charge >= 0.3 is 0 Å². The Hall–Kier alpha value is -0.970. The van der Waals surface area contributed by atoms with Crippen LogP contribution in [-0.4, -0.2) is 35.1 Å². The van der Waals surface area contributed by atoms with Crippen molar-refractivity contribution < 1.29 is 0 Å². The SMILES string of the molecule is Cc1nc2ccc(CN(C)C3CC4CCC(C3)N4)cc2s1. The first-order valence-electron chi connectivity index (χ1n) is 8.00. The summed E-state index contributed by atoms with van der Waals surface area (Å²) in [4.78, 5) is 7.10. The minimum absolute atomic E-state index is 0.739. The molecule has 1 N–H and O–H groups in total. The summed E-state index contributed by atoms with van der Waals surface area (Å²) in [7, 11) is 2.29. The molecule has 2 atom stereocenters. The van der Waals surface area contributed by atoms with Gasteiger partial charge in [0.1, 0.15) is 0 Å². The van der Waals surface area contributed by atoms with Gasteiger partial charge in [0.2, 0.25) is 0 Å². The van der Waals surface area contributed by atoms with Crippen molar-refractivity contribution in [3.63, 3.8) is 0 Å². The maximum atomic E-state index is 4.55. The van der Waals surface area contributed by atoms with E-state index in [1.54, 1.807) is 11.3 Å². The summed E-state index contributed by atoms with van der Waals surface area (Å²) in [6.45, 7) is 3.14. The molecule has 112 valence electrons. The van der Waals surface area contributed by atoms with Crippen LogP contribution in [0, 0.1) is 6.92 Å². The lowest BCUT2D eigenvalue weighted by atomic mass is 9.98. The number of hydrogen-bond acceptors (Lipinski definition) is 4. The highest BCUT2D eigenvalue weighted by atomic mass is 32.1. The Bertz CT molecular complexity index is 639. The van der Waals surface area contributed by atoms with Crippen LogP contribution < -0.4 is 5.32 Å². The minimum atomic E-state index is 0.739. The molecule has 2 unspecified atom stereocenters. The van der Waals surface area contributed by atoms with Crippen LogP contribution >= 0.6 is 11.3 Å². The molecule has 0 saturated carbocycles. The van der Waals surface area contributed by atoms with Crippen LogP contribution in [0.2, 0.25) is 0 Å². The molecule has 1 aromatic carbocycles. The number of benzene rings is 1. The summed E-state index contributed by atoms with van der Waals surface area (Å²) in [5, 5.41) is 4.89. The first-order chi connectivity index (χ1) is 10.2.